The van der Waals surface area contributed by atoms with E-state index >= 15 is 0 Å². The van der Waals surface area contributed by atoms with E-state index in [2.05, 4.69) is 20.8 Å². The molecule has 1 saturated heterocycles. The number of carbonyl (C=O) groups is 1. The molecule has 0 bridgehead atoms. The Balaban J connectivity index is 2.21. The molecule has 0 aromatic rings. The van der Waals surface area contributed by atoms with Crippen molar-refractivity contribution in [2.75, 3.05) is 19.8 Å². The first-order chi connectivity index (χ1) is 16.1. The zero-order chi connectivity index (χ0) is 24.0. The summed E-state index contributed by atoms with van der Waals surface area (Å²) in [6.07, 6.45) is 25.6. The zero-order valence-corrected chi connectivity index (χ0v) is 22.5. The highest BCUT2D eigenvalue weighted by Gasteiger charge is 2.39. The monoisotopic (exact) mass is 468 g/mol. The van der Waals surface area contributed by atoms with Crippen molar-refractivity contribution in [1.82, 2.24) is 0 Å². The van der Waals surface area contributed by atoms with Crippen molar-refractivity contribution < 1.29 is 19.0 Å². The lowest BCUT2D eigenvalue weighted by Crippen LogP contribution is -2.49. The van der Waals surface area contributed by atoms with E-state index in [1.54, 1.807) is 0 Å². The van der Waals surface area contributed by atoms with Crippen LogP contribution in [0.15, 0.2) is 0 Å². The maximum atomic E-state index is 11.5. The number of hydrogen-bond acceptors (Lipinski definition) is 4. The standard InChI is InChI=1S/C29H56O4/c1-4-6-8-10-12-14-16-18-20-22-24-33-29(3,28-31-25-27(30)26-32-28)23-21-19-17-15-13-11-9-7-5-2/h28H,4-26H2,1-3H3. The van der Waals surface area contributed by atoms with Crippen LogP contribution < -0.4 is 0 Å². The second kappa shape index (κ2) is 20.9. The molecule has 1 aliphatic rings. The van der Waals surface area contributed by atoms with Crippen LogP contribution in [-0.4, -0.2) is 37.5 Å². The Morgan fingerprint density at radius 3 is 1.52 bits per heavy atom. The lowest BCUT2D eigenvalue weighted by Gasteiger charge is -2.38. The van der Waals surface area contributed by atoms with E-state index in [4.69, 9.17) is 14.2 Å². The van der Waals surface area contributed by atoms with Crippen LogP contribution >= 0.6 is 0 Å². The molecular weight excluding hydrogens is 412 g/mol. The zero-order valence-electron chi connectivity index (χ0n) is 22.5. The van der Waals surface area contributed by atoms with Crippen molar-refractivity contribution in [2.24, 2.45) is 0 Å². The number of Topliss-reactive ketones (excluding diaryl/α,β-unsaturated/α-hetero) is 1. The second-order valence-electron chi connectivity index (χ2n) is 10.4. The molecule has 0 aromatic heterocycles. The molecular formula is C29H56O4. The third-order valence-corrected chi connectivity index (χ3v) is 7.00. The van der Waals surface area contributed by atoms with E-state index < -0.39 is 11.9 Å². The normalized spacial score (nSPS) is 16.9. The number of ether oxygens (including phenoxy) is 3. The van der Waals surface area contributed by atoms with Crippen LogP contribution in [0.1, 0.15) is 149 Å². The molecule has 1 aliphatic heterocycles. The van der Waals surface area contributed by atoms with Crippen LogP contribution in [0.3, 0.4) is 0 Å². The minimum absolute atomic E-state index is 0.0198. The molecule has 0 aromatic carbocycles. The summed E-state index contributed by atoms with van der Waals surface area (Å²) in [7, 11) is 0. The molecule has 0 radical (unpaired) electrons. The SMILES string of the molecule is CCCCCCCCCCCCOC(C)(CCCCCCCCCCC)C1OCC(=O)CO1. The molecule has 0 amide bonds. The Bertz CT molecular complexity index is 443. The predicted molar refractivity (Wildman–Crippen MR) is 139 cm³/mol. The third kappa shape index (κ3) is 16.0. The van der Waals surface area contributed by atoms with Crippen LogP contribution in [0.4, 0.5) is 0 Å². The fourth-order valence-electron chi connectivity index (χ4n) is 4.72. The van der Waals surface area contributed by atoms with Gasteiger partial charge < -0.3 is 14.2 Å². The van der Waals surface area contributed by atoms with Crippen LogP contribution in [0.5, 0.6) is 0 Å². The van der Waals surface area contributed by atoms with Gasteiger partial charge in [-0.05, 0) is 19.8 Å². The molecule has 1 rings (SSSR count). The highest BCUT2D eigenvalue weighted by atomic mass is 16.7. The summed E-state index contributed by atoms with van der Waals surface area (Å²) < 4.78 is 17.9. The summed E-state index contributed by atoms with van der Waals surface area (Å²) >= 11 is 0. The van der Waals surface area contributed by atoms with Gasteiger partial charge in [0.25, 0.3) is 0 Å². The molecule has 4 heteroatoms. The van der Waals surface area contributed by atoms with Gasteiger partial charge in [-0.2, -0.15) is 0 Å². The highest BCUT2D eigenvalue weighted by Crippen LogP contribution is 2.29. The second-order valence-corrected chi connectivity index (χ2v) is 10.4. The summed E-state index contributed by atoms with van der Waals surface area (Å²) in [6, 6.07) is 0. The molecule has 0 spiro atoms. The molecule has 1 atom stereocenters. The first-order valence-corrected chi connectivity index (χ1v) is 14.5. The molecule has 1 unspecified atom stereocenters. The van der Waals surface area contributed by atoms with Gasteiger partial charge >= 0.3 is 0 Å². The van der Waals surface area contributed by atoms with Crippen molar-refractivity contribution >= 4 is 5.78 Å². The third-order valence-electron chi connectivity index (χ3n) is 7.00. The summed E-state index contributed by atoms with van der Waals surface area (Å²) in [5, 5.41) is 0. The minimum Gasteiger partial charge on any atom is -0.370 e. The number of ketones is 1. The summed E-state index contributed by atoms with van der Waals surface area (Å²) in [6.45, 7) is 7.72. The van der Waals surface area contributed by atoms with Gasteiger partial charge in [-0.1, -0.05) is 129 Å². The van der Waals surface area contributed by atoms with Crippen LogP contribution in [0.2, 0.25) is 0 Å². The van der Waals surface area contributed by atoms with Gasteiger partial charge in [0.1, 0.15) is 18.8 Å². The largest absolute Gasteiger partial charge is 0.370 e. The van der Waals surface area contributed by atoms with Crippen LogP contribution in [-0.2, 0) is 19.0 Å². The molecule has 0 saturated carbocycles. The summed E-state index contributed by atoms with van der Waals surface area (Å²) in [4.78, 5) is 11.5. The average molecular weight is 469 g/mol. The quantitative estimate of drug-likeness (QED) is 0.141. The van der Waals surface area contributed by atoms with Gasteiger partial charge in [0.05, 0.1) is 0 Å². The smallest absolute Gasteiger partial charge is 0.187 e. The first-order valence-electron chi connectivity index (χ1n) is 14.5. The average Bonchev–Trinajstić information content (AvgIpc) is 2.82. The van der Waals surface area contributed by atoms with Crippen LogP contribution in [0.25, 0.3) is 0 Å². The summed E-state index contributed by atoms with van der Waals surface area (Å²) in [5.74, 6) is 0.0198. The number of hydrogen-bond donors (Lipinski definition) is 0. The molecule has 1 fully saturated rings. The van der Waals surface area contributed by atoms with Crippen molar-refractivity contribution in [2.45, 2.75) is 161 Å². The van der Waals surface area contributed by atoms with E-state index in [9.17, 15) is 4.79 Å². The maximum absolute atomic E-state index is 11.5. The molecule has 0 aliphatic carbocycles. The minimum atomic E-state index is -0.457. The first kappa shape index (κ1) is 30.6. The van der Waals surface area contributed by atoms with E-state index in [1.807, 2.05) is 0 Å². The van der Waals surface area contributed by atoms with Crippen molar-refractivity contribution in [3.63, 3.8) is 0 Å². The molecule has 33 heavy (non-hydrogen) atoms. The highest BCUT2D eigenvalue weighted by molar-refractivity contribution is 5.81. The Kier molecular flexibility index (Phi) is 19.4. The lowest BCUT2D eigenvalue weighted by atomic mass is 9.95. The van der Waals surface area contributed by atoms with E-state index in [0.717, 1.165) is 25.9 Å². The van der Waals surface area contributed by atoms with Crippen LogP contribution in [0, 0.1) is 0 Å². The van der Waals surface area contributed by atoms with Crippen molar-refractivity contribution in [3.05, 3.63) is 0 Å². The predicted octanol–water partition coefficient (Wildman–Crippen LogP) is 8.55. The van der Waals surface area contributed by atoms with Crippen molar-refractivity contribution in [3.8, 4) is 0 Å². The fraction of sp³-hybridized carbons (Fsp3) is 0.966. The lowest BCUT2D eigenvalue weighted by molar-refractivity contribution is -0.262. The van der Waals surface area contributed by atoms with E-state index in [0.29, 0.717) is 0 Å². The molecule has 0 N–H and O–H groups in total. The van der Waals surface area contributed by atoms with Crippen molar-refractivity contribution in [1.29, 1.82) is 0 Å². The van der Waals surface area contributed by atoms with E-state index in [1.165, 1.54) is 109 Å². The van der Waals surface area contributed by atoms with Gasteiger partial charge in [0.2, 0.25) is 0 Å². The fourth-order valence-corrected chi connectivity index (χ4v) is 4.72. The topological polar surface area (TPSA) is 44.8 Å². The molecule has 4 nitrogen and oxygen atoms in total. The van der Waals surface area contributed by atoms with Gasteiger partial charge in [-0.25, -0.2) is 0 Å². The Labute approximate surface area is 205 Å². The Morgan fingerprint density at radius 1 is 0.667 bits per heavy atom. The van der Waals surface area contributed by atoms with Gasteiger partial charge in [-0.15, -0.1) is 0 Å². The Morgan fingerprint density at radius 2 is 1.06 bits per heavy atom. The number of rotatable bonds is 23. The molecule has 1 heterocycles. The molecule has 196 valence electrons. The van der Waals surface area contributed by atoms with E-state index in [-0.39, 0.29) is 19.0 Å². The Hall–Kier alpha value is -0.450. The maximum Gasteiger partial charge on any atom is 0.187 e. The van der Waals surface area contributed by atoms with Gasteiger partial charge in [0.15, 0.2) is 12.1 Å². The van der Waals surface area contributed by atoms with Gasteiger partial charge in [-0.3, -0.25) is 4.79 Å². The summed E-state index contributed by atoms with van der Waals surface area (Å²) in [5.41, 5.74) is -0.457. The number of unbranched alkanes of at least 4 members (excludes halogenated alkanes) is 17. The number of carbonyl (C=O) groups excluding carboxylic acids is 1. The van der Waals surface area contributed by atoms with Gasteiger partial charge in [0, 0.05) is 6.61 Å².